The normalized spacial score (nSPS) is 16.5. The van der Waals surface area contributed by atoms with E-state index in [0.29, 0.717) is 28.4 Å². The third-order valence-electron chi connectivity index (χ3n) is 6.08. The molecule has 5 rings (SSSR count). The zero-order valence-electron chi connectivity index (χ0n) is 19.0. The van der Waals surface area contributed by atoms with Gasteiger partial charge >= 0.3 is 0 Å². The summed E-state index contributed by atoms with van der Waals surface area (Å²) in [6, 6.07) is 14.8. The van der Waals surface area contributed by atoms with Crippen LogP contribution in [0.2, 0.25) is 0 Å². The number of anilines is 1. The first kappa shape index (κ1) is 20.9. The summed E-state index contributed by atoms with van der Waals surface area (Å²) >= 11 is 0. The molecule has 0 bridgehead atoms. The number of benzene rings is 3. The van der Waals surface area contributed by atoms with Crippen molar-refractivity contribution in [1.82, 2.24) is 0 Å². The largest absolute Gasteiger partial charge is 0.504 e. The molecule has 0 saturated heterocycles. The molecule has 0 aliphatic carbocycles. The van der Waals surface area contributed by atoms with E-state index >= 15 is 0 Å². The molecule has 0 amide bonds. The first-order chi connectivity index (χ1) is 15.8. The Labute approximate surface area is 193 Å². The highest BCUT2D eigenvalue weighted by atomic mass is 16.5. The number of phenols is 1. The number of ether oxygens (including phenoxy) is 2. The van der Waals surface area contributed by atoms with E-state index in [9.17, 15) is 9.90 Å². The Balaban J connectivity index is 1.85. The van der Waals surface area contributed by atoms with E-state index in [-0.39, 0.29) is 11.3 Å². The molecule has 0 fully saturated rings. The molecule has 5 heteroatoms. The van der Waals surface area contributed by atoms with Crippen LogP contribution in [0, 0.1) is 0 Å². The van der Waals surface area contributed by atoms with E-state index in [0.717, 1.165) is 39.8 Å². The van der Waals surface area contributed by atoms with Crippen LogP contribution in [0.3, 0.4) is 0 Å². The van der Waals surface area contributed by atoms with Gasteiger partial charge in [-0.25, -0.2) is 0 Å². The maximum Gasteiger partial charge on any atom is 0.172 e. The Bertz CT molecular complexity index is 1360. The number of rotatable bonds is 3. The van der Waals surface area contributed by atoms with Crippen LogP contribution in [0.25, 0.3) is 28.5 Å². The number of carbonyl (C=O) groups excluding carboxylic acids is 1. The second-order valence-corrected chi connectivity index (χ2v) is 8.93. The number of allylic oxidation sites excluding steroid dienone is 1. The predicted molar refractivity (Wildman–Crippen MR) is 132 cm³/mol. The zero-order chi connectivity index (χ0) is 23.3. The quantitative estimate of drug-likeness (QED) is 0.464. The first-order valence-electron chi connectivity index (χ1n) is 10.8. The lowest BCUT2D eigenvalue weighted by Gasteiger charge is -2.35. The lowest BCUT2D eigenvalue weighted by Crippen LogP contribution is -2.32. The number of hydrogen-bond donors (Lipinski definition) is 2. The van der Waals surface area contributed by atoms with E-state index in [1.54, 1.807) is 18.2 Å². The minimum absolute atomic E-state index is 0.0498. The molecule has 0 radical (unpaired) electrons. The molecule has 3 aromatic carbocycles. The van der Waals surface area contributed by atoms with Crippen LogP contribution < -0.4 is 14.8 Å². The Hall–Kier alpha value is -3.99. The second-order valence-electron chi connectivity index (χ2n) is 8.93. The van der Waals surface area contributed by atoms with Crippen LogP contribution in [-0.2, 0) is 0 Å². The van der Waals surface area contributed by atoms with Gasteiger partial charge in [0, 0.05) is 27.9 Å². The van der Waals surface area contributed by atoms with Gasteiger partial charge in [0.15, 0.2) is 17.8 Å². The van der Waals surface area contributed by atoms with Crippen molar-refractivity contribution in [3.8, 4) is 28.4 Å². The minimum atomic E-state index is -0.192. The molecular formula is C28H25NO4. The van der Waals surface area contributed by atoms with Crippen molar-refractivity contribution in [2.24, 2.45) is 0 Å². The number of carbonyl (C=O) groups is 1. The fourth-order valence-electron chi connectivity index (χ4n) is 4.84. The predicted octanol–water partition coefficient (Wildman–Crippen LogP) is 6.38. The Morgan fingerprint density at radius 2 is 1.76 bits per heavy atom. The number of aldehydes is 1. The average molecular weight is 440 g/mol. The molecule has 0 atom stereocenters. The lowest BCUT2D eigenvalue weighted by atomic mass is 9.82. The second kappa shape index (κ2) is 7.55. The molecule has 33 heavy (non-hydrogen) atoms. The van der Waals surface area contributed by atoms with Crippen LogP contribution >= 0.6 is 0 Å². The Kier molecular flexibility index (Phi) is 4.78. The first-order valence-corrected chi connectivity index (χ1v) is 10.8. The highest BCUT2D eigenvalue weighted by molar-refractivity contribution is 6.03. The van der Waals surface area contributed by atoms with Crippen molar-refractivity contribution in [3.63, 3.8) is 0 Å². The van der Waals surface area contributed by atoms with Gasteiger partial charge in [0.2, 0.25) is 0 Å². The minimum Gasteiger partial charge on any atom is -0.504 e. The number of hydrogen-bond acceptors (Lipinski definition) is 5. The summed E-state index contributed by atoms with van der Waals surface area (Å²) in [7, 11) is 1.54. The van der Waals surface area contributed by atoms with E-state index in [1.807, 2.05) is 30.3 Å². The highest BCUT2D eigenvalue weighted by Gasteiger charge is 2.33. The van der Waals surface area contributed by atoms with Gasteiger partial charge in [0.25, 0.3) is 0 Å². The van der Waals surface area contributed by atoms with Gasteiger partial charge in [-0.3, -0.25) is 4.79 Å². The summed E-state index contributed by atoms with van der Waals surface area (Å²) in [5, 5.41) is 14.1. The van der Waals surface area contributed by atoms with Crippen LogP contribution in [-0.4, -0.2) is 24.0 Å². The lowest BCUT2D eigenvalue weighted by molar-refractivity contribution is 0.112. The average Bonchev–Trinajstić information content (AvgIpc) is 2.78. The summed E-state index contributed by atoms with van der Waals surface area (Å²) < 4.78 is 12.0. The molecule has 166 valence electrons. The van der Waals surface area contributed by atoms with Crippen molar-refractivity contribution in [2.75, 3.05) is 12.4 Å². The van der Waals surface area contributed by atoms with E-state index in [2.05, 4.69) is 38.2 Å². The SMILES string of the molecule is COc1c(O)ccc2c1-c1ccc3c(c1C(=Cc1ccccc1C=O)O2)C(C)=CC(C)(C)N3. The monoisotopic (exact) mass is 439 g/mol. The van der Waals surface area contributed by atoms with E-state index < -0.39 is 0 Å². The molecule has 2 aliphatic rings. The molecule has 2 N–H and O–H groups in total. The van der Waals surface area contributed by atoms with Gasteiger partial charge in [0.05, 0.1) is 18.2 Å². The van der Waals surface area contributed by atoms with Crippen LogP contribution in [0.1, 0.15) is 47.8 Å². The van der Waals surface area contributed by atoms with Gasteiger partial charge < -0.3 is 19.9 Å². The molecule has 0 saturated carbocycles. The number of methoxy groups -OCH3 is 1. The van der Waals surface area contributed by atoms with Gasteiger partial charge in [-0.2, -0.15) is 0 Å². The molecule has 0 aromatic heterocycles. The molecular weight excluding hydrogens is 414 g/mol. The number of phenolic OH excluding ortho intramolecular Hbond substituents is 1. The zero-order valence-corrected chi connectivity index (χ0v) is 19.0. The van der Waals surface area contributed by atoms with Gasteiger partial charge in [-0.05, 0) is 56.2 Å². The van der Waals surface area contributed by atoms with Crippen molar-refractivity contribution >= 4 is 29.4 Å². The summed E-state index contributed by atoms with van der Waals surface area (Å²) in [4.78, 5) is 11.7. The standard InChI is InChI=1S/C28H25NO4/c1-16-14-28(2,3)29-20-10-9-19-25(24(16)20)23(13-17-7-5-6-8-18(17)15-30)33-22-12-11-21(31)27(32-4)26(19)22/h5-15,29,31H,1-4H3. The third kappa shape index (κ3) is 3.37. The maximum absolute atomic E-state index is 11.7. The van der Waals surface area contributed by atoms with Crippen molar-refractivity contribution in [2.45, 2.75) is 26.3 Å². The van der Waals surface area contributed by atoms with Crippen LogP contribution in [0.4, 0.5) is 5.69 Å². The van der Waals surface area contributed by atoms with Gasteiger partial charge in [0.1, 0.15) is 11.5 Å². The molecule has 3 aromatic rings. The summed E-state index contributed by atoms with van der Waals surface area (Å²) in [6.45, 7) is 6.35. The summed E-state index contributed by atoms with van der Waals surface area (Å²) in [5.74, 6) is 1.63. The Morgan fingerprint density at radius 1 is 1.00 bits per heavy atom. The maximum atomic E-state index is 11.7. The molecule has 5 nitrogen and oxygen atoms in total. The molecule has 2 aliphatic heterocycles. The van der Waals surface area contributed by atoms with Crippen LogP contribution in [0.5, 0.6) is 17.2 Å². The van der Waals surface area contributed by atoms with Gasteiger partial charge in [-0.15, -0.1) is 0 Å². The molecule has 2 heterocycles. The summed E-state index contributed by atoms with van der Waals surface area (Å²) in [6.07, 6.45) is 4.95. The van der Waals surface area contributed by atoms with Crippen molar-refractivity contribution < 1.29 is 19.4 Å². The van der Waals surface area contributed by atoms with E-state index in [4.69, 9.17) is 9.47 Å². The van der Waals surface area contributed by atoms with Crippen molar-refractivity contribution in [3.05, 3.63) is 76.9 Å². The van der Waals surface area contributed by atoms with E-state index in [1.165, 1.54) is 7.11 Å². The van der Waals surface area contributed by atoms with Gasteiger partial charge in [-0.1, -0.05) is 36.4 Å². The topological polar surface area (TPSA) is 67.8 Å². The van der Waals surface area contributed by atoms with Crippen molar-refractivity contribution in [1.29, 1.82) is 0 Å². The fraction of sp³-hybridized carbons (Fsp3) is 0.179. The number of aromatic hydroxyl groups is 1. The number of nitrogens with one attached hydrogen (secondary N) is 1. The molecule has 0 unspecified atom stereocenters. The smallest absolute Gasteiger partial charge is 0.172 e. The molecule has 0 spiro atoms. The Morgan fingerprint density at radius 3 is 2.48 bits per heavy atom. The van der Waals surface area contributed by atoms with Crippen LogP contribution in [0.15, 0.2) is 54.6 Å². The highest BCUT2D eigenvalue weighted by Crippen LogP contribution is 2.54. The fourth-order valence-corrected chi connectivity index (χ4v) is 4.84. The number of fused-ring (bicyclic) bond motifs is 5. The summed E-state index contributed by atoms with van der Waals surface area (Å²) in [5.41, 5.74) is 6.79. The third-order valence-corrected chi connectivity index (χ3v) is 6.08.